The van der Waals surface area contributed by atoms with Crippen molar-refractivity contribution in [2.75, 3.05) is 44.0 Å². The van der Waals surface area contributed by atoms with Crippen molar-refractivity contribution in [1.29, 1.82) is 0 Å². The third-order valence-electron chi connectivity index (χ3n) is 4.59. The monoisotopic (exact) mass is 467 g/mol. The zero-order valence-corrected chi connectivity index (χ0v) is 19.2. The molecular weight excluding hydrogens is 439 g/mol. The number of thioether (sulfide) groups is 1. The van der Waals surface area contributed by atoms with Gasteiger partial charge in [0, 0.05) is 25.3 Å². The molecule has 0 aromatic heterocycles. The van der Waals surface area contributed by atoms with Crippen LogP contribution in [-0.2, 0) is 22.3 Å². The summed E-state index contributed by atoms with van der Waals surface area (Å²) in [6, 6.07) is 12.4. The maximum absolute atomic E-state index is 13.0. The highest BCUT2D eigenvalue weighted by Gasteiger charge is 2.30. The van der Waals surface area contributed by atoms with E-state index in [4.69, 9.17) is 0 Å². The van der Waals surface area contributed by atoms with Gasteiger partial charge < -0.3 is 15.1 Å². The van der Waals surface area contributed by atoms with E-state index in [9.17, 15) is 22.8 Å². The molecule has 0 heterocycles. The van der Waals surface area contributed by atoms with Gasteiger partial charge in [-0.2, -0.15) is 13.2 Å². The molecule has 9 heteroatoms. The standard InChI is InChI=1S/C23H28F3N3O2S/c1-17-7-9-20(10-8-17)27-21(30)15-32-16-22(31)29(12-11-28(2)3)14-18-5-4-6-19(13-18)23(24,25)26/h4-10,13H,11-12,14-16H2,1-3H3,(H,27,30). The van der Waals surface area contributed by atoms with Crippen LogP contribution in [0.2, 0.25) is 0 Å². The van der Waals surface area contributed by atoms with E-state index >= 15 is 0 Å². The minimum absolute atomic E-state index is 0.0632. The molecule has 2 amide bonds. The number of benzene rings is 2. The minimum atomic E-state index is -4.44. The molecule has 0 bridgehead atoms. The smallest absolute Gasteiger partial charge is 0.336 e. The number of carbonyl (C=O) groups is 2. The second kappa shape index (κ2) is 11.9. The second-order valence-corrected chi connectivity index (χ2v) is 8.71. The molecule has 0 radical (unpaired) electrons. The summed E-state index contributed by atoms with van der Waals surface area (Å²) in [6.07, 6.45) is -4.44. The molecule has 0 saturated heterocycles. The summed E-state index contributed by atoms with van der Waals surface area (Å²) in [4.78, 5) is 28.3. The van der Waals surface area contributed by atoms with Crippen molar-refractivity contribution < 1.29 is 22.8 Å². The van der Waals surface area contributed by atoms with E-state index in [0.29, 0.717) is 24.3 Å². The summed E-state index contributed by atoms with van der Waals surface area (Å²) in [5.41, 5.74) is 1.44. The van der Waals surface area contributed by atoms with Gasteiger partial charge in [0.15, 0.2) is 0 Å². The van der Waals surface area contributed by atoms with Gasteiger partial charge in [0.2, 0.25) is 11.8 Å². The molecule has 5 nitrogen and oxygen atoms in total. The molecule has 2 aromatic carbocycles. The van der Waals surface area contributed by atoms with Gasteiger partial charge in [-0.05, 0) is 50.8 Å². The number of nitrogens with one attached hydrogen (secondary N) is 1. The molecule has 0 spiro atoms. The van der Waals surface area contributed by atoms with Gasteiger partial charge in [-0.1, -0.05) is 29.8 Å². The largest absolute Gasteiger partial charge is 0.416 e. The summed E-state index contributed by atoms with van der Waals surface area (Å²) in [5.74, 6) is -0.278. The molecule has 0 aliphatic heterocycles. The Balaban J connectivity index is 1.93. The third-order valence-corrected chi connectivity index (χ3v) is 5.51. The Morgan fingerprint density at radius 3 is 2.31 bits per heavy atom. The van der Waals surface area contributed by atoms with Crippen LogP contribution >= 0.6 is 11.8 Å². The number of anilines is 1. The number of amides is 2. The Morgan fingerprint density at radius 2 is 1.69 bits per heavy atom. The Morgan fingerprint density at radius 1 is 1.00 bits per heavy atom. The van der Waals surface area contributed by atoms with Crippen LogP contribution in [0.25, 0.3) is 0 Å². The van der Waals surface area contributed by atoms with Crippen molar-refractivity contribution in [2.45, 2.75) is 19.6 Å². The number of halogens is 3. The second-order valence-electron chi connectivity index (χ2n) is 7.72. The van der Waals surface area contributed by atoms with Gasteiger partial charge in [0.05, 0.1) is 17.1 Å². The summed E-state index contributed by atoms with van der Waals surface area (Å²) in [7, 11) is 3.72. The normalized spacial score (nSPS) is 11.5. The van der Waals surface area contributed by atoms with Gasteiger partial charge in [-0.15, -0.1) is 11.8 Å². The van der Waals surface area contributed by atoms with Gasteiger partial charge in [-0.25, -0.2) is 0 Å². The van der Waals surface area contributed by atoms with Gasteiger partial charge in [-0.3, -0.25) is 9.59 Å². The van der Waals surface area contributed by atoms with E-state index < -0.39 is 11.7 Å². The van der Waals surface area contributed by atoms with Gasteiger partial charge in [0.1, 0.15) is 0 Å². The van der Waals surface area contributed by atoms with E-state index in [-0.39, 0.29) is 29.9 Å². The van der Waals surface area contributed by atoms with Crippen LogP contribution in [0.5, 0.6) is 0 Å². The summed E-state index contributed by atoms with van der Waals surface area (Å²) in [5, 5.41) is 2.77. The first kappa shape index (κ1) is 25.7. The van der Waals surface area contributed by atoms with Crippen LogP contribution in [0.1, 0.15) is 16.7 Å². The molecule has 2 rings (SSSR count). The molecule has 2 aromatic rings. The Hall–Kier alpha value is -2.52. The third kappa shape index (κ3) is 8.92. The average molecular weight is 468 g/mol. The zero-order valence-electron chi connectivity index (χ0n) is 18.4. The van der Waals surface area contributed by atoms with Crippen molar-refractivity contribution >= 4 is 29.3 Å². The highest BCUT2D eigenvalue weighted by atomic mass is 32.2. The van der Waals surface area contributed by atoms with Crippen molar-refractivity contribution in [3.05, 3.63) is 65.2 Å². The SMILES string of the molecule is Cc1ccc(NC(=O)CSCC(=O)N(CCN(C)C)Cc2cccc(C(F)(F)F)c2)cc1. The zero-order chi connectivity index (χ0) is 23.7. The fourth-order valence-electron chi connectivity index (χ4n) is 2.84. The Kier molecular flexibility index (Phi) is 9.59. The lowest BCUT2D eigenvalue weighted by Crippen LogP contribution is -2.37. The van der Waals surface area contributed by atoms with E-state index in [1.54, 1.807) is 18.2 Å². The lowest BCUT2D eigenvalue weighted by Gasteiger charge is -2.25. The maximum atomic E-state index is 13.0. The van der Waals surface area contributed by atoms with Crippen LogP contribution in [0.15, 0.2) is 48.5 Å². The summed E-state index contributed by atoms with van der Waals surface area (Å²) in [6.45, 7) is 2.97. The van der Waals surface area contributed by atoms with Crippen LogP contribution in [-0.4, -0.2) is 60.3 Å². The highest BCUT2D eigenvalue weighted by molar-refractivity contribution is 8.00. The summed E-state index contributed by atoms with van der Waals surface area (Å²) >= 11 is 1.18. The number of nitrogens with zero attached hydrogens (tertiary/aromatic N) is 2. The van der Waals surface area contributed by atoms with Gasteiger partial charge in [0.25, 0.3) is 0 Å². The van der Waals surface area contributed by atoms with E-state index in [1.807, 2.05) is 38.1 Å². The minimum Gasteiger partial charge on any atom is -0.336 e. The number of hydrogen-bond donors (Lipinski definition) is 1. The van der Waals surface area contributed by atoms with Crippen LogP contribution < -0.4 is 5.32 Å². The Bertz CT molecular complexity index is 902. The topological polar surface area (TPSA) is 52.7 Å². The molecular formula is C23H28F3N3O2S. The number of likely N-dealkylation sites (N-methyl/N-ethyl adjacent to an activating group) is 1. The maximum Gasteiger partial charge on any atom is 0.416 e. The molecule has 32 heavy (non-hydrogen) atoms. The first-order valence-electron chi connectivity index (χ1n) is 10.1. The number of alkyl halides is 3. The molecule has 0 unspecified atom stereocenters. The molecule has 0 atom stereocenters. The van der Waals surface area contributed by atoms with E-state index in [1.165, 1.54) is 22.7 Å². The number of aryl methyl sites for hydroxylation is 1. The van der Waals surface area contributed by atoms with E-state index in [2.05, 4.69) is 5.32 Å². The van der Waals surface area contributed by atoms with Crippen LogP contribution in [0.3, 0.4) is 0 Å². The van der Waals surface area contributed by atoms with Gasteiger partial charge >= 0.3 is 6.18 Å². The number of rotatable bonds is 10. The fraction of sp³-hybridized carbons (Fsp3) is 0.391. The predicted octanol–water partition coefficient (Wildman–Crippen LogP) is 4.28. The lowest BCUT2D eigenvalue weighted by atomic mass is 10.1. The van der Waals surface area contributed by atoms with Crippen molar-refractivity contribution in [3.8, 4) is 0 Å². The van der Waals surface area contributed by atoms with Crippen molar-refractivity contribution in [2.24, 2.45) is 0 Å². The van der Waals surface area contributed by atoms with E-state index in [0.717, 1.165) is 17.7 Å². The highest BCUT2D eigenvalue weighted by Crippen LogP contribution is 2.29. The molecule has 174 valence electrons. The van der Waals surface area contributed by atoms with Crippen molar-refractivity contribution in [3.63, 3.8) is 0 Å². The summed E-state index contributed by atoms with van der Waals surface area (Å²) < 4.78 is 39.0. The molecule has 0 saturated carbocycles. The molecule has 0 aliphatic carbocycles. The first-order chi connectivity index (χ1) is 15.0. The predicted molar refractivity (Wildman–Crippen MR) is 123 cm³/mol. The van der Waals surface area contributed by atoms with Crippen LogP contribution in [0.4, 0.5) is 18.9 Å². The molecule has 0 aliphatic rings. The first-order valence-corrected chi connectivity index (χ1v) is 11.2. The number of hydrogen-bond acceptors (Lipinski definition) is 4. The fourth-order valence-corrected chi connectivity index (χ4v) is 3.55. The Labute approximate surface area is 191 Å². The van der Waals surface area contributed by atoms with Crippen LogP contribution in [0, 0.1) is 6.92 Å². The molecule has 1 N–H and O–H groups in total. The lowest BCUT2D eigenvalue weighted by molar-refractivity contribution is -0.137. The molecule has 0 fully saturated rings. The quantitative estimate of drug-likeness (QED) is 0.567. The van der Waals surface area contributed by atoms with Crippen molar-refractivity contribution in [1.82, 2.24) is 9.80 Å². The average Bonchev–Trinajstić information content (AvgIpc) is 2.72. The number of carbonyl (C=O) groups excluding carboxylic acids is 2.